The molecule has 0 atom stereocenters. The van der Waals surface area contributed by atoms with E-state index in [1.165, 1.54) is 0 Å². The number of nitrogens with one attached hydrogen (secondary N) is 2. The summed E-state index contributed by atoms with van der Waals surface area (Å²) in [5, 5.41) is 5.09. The fourth-order valence-corrected chi connectivity index (χ4v) is 3.08. The number of nitrogens with zero attached hydrogens (tertiary/aromatic N) is 1. The van der Waals surface area contributed by atoms with Crippen molar-refractivity contribution in [1.29, 1.82) is 0 Å². The second kappa shape index (κ2) is 5.99. The first-order chi connectivity index (χ1) is 11.0. The van der Waals surface area contributed by atoms with E-state index in [2.05, 4.69) is 15.6 Å². The molecule has 0 saturated heterocycles. The van der Waals surface area contributed by atoms with Crippen molar-refractivity contribution in [3.05, 3.63) is 45.7 Å². The minimum atomic E-state index is -1.72. The minimum absolute atomic E-state index is 0.0983. The normalized spacial score (nSPS) is 14.0. The van der Waals surface area contributed by atoms with Crippen LogP contribution in [0.2, 0.25) is 0 Å². The molecule has 0 spiro atoms. The average Bonchev–Trinajstić information content (AvgIpc) is 2.84. The summed E-state index contributed by atoms with van der Waals surface area (Å²) < 4.78 is 39.7. The highest BCUT2D eigenvalue weighted by molar-refractivity contribution is 7.17. The monoisotopic (exact) mass is 341 g/mol. The maximum Gasteiger partial charge on any atom is 0.263 e. The molecule has 2 aromatic rings. The molecule has 3 rings (SSSR count). The summed E-state index contributed by atoms with van der Waals surface area (Å²) in [5.74, 6) is -5.91. The summed E-state index contributed by atoms with van der Waals surface area (Å²) in [7, 11) is 0. The van der Waals surface area contributed by atoms with Crippen LogP contribution in [0.25, 0.3) is 0 Å². The zero-order valence-electron chi connectivity index (χ0n) is 11.6. The van der Waals surface area contributed by atoms with E-state index in [0.29, 0.717) is 36.0 Å². The van der Waals surface area contributed by atoms with E-state index in [0.717, 1.165) is 17.4 Å². The summed E-state index contributed by atoms with van der Waals surface area (Å²) in [6, 6.07) is 1.51. The van der Waals surface area contributed by atoms with Crippen molar-refractivity contribution in [3.8, 4) is 0 Å². The van der Waals surface area contributed by atoms with Crippen LogP contribution in [0.3, 0.4) is 0 Å². The van der Waals surface area contributed by atoms with Gasteiger partial charge in [0.25, 0.3) is 11.8 Å². The van der Waals surface area contributed by atoms with E-state index in [-0.39, 0.29) is 11.0 Å². The van der Waals surface area contributed by atoms with Crippen LogP contribution in [0, 0.1) is 17.5 Å². The summed E-state index contributed by atoms with van der Waals surface area (Å²) in [5.41, 5.74) is -0.0928. The van der Waals surface area contributed by atoms with Gasteiger partial charge in [0.2, 0.25) is 0 Å². The summed E-state index contributed by atoms with van der Waals surface area (Å²) >= 11 is 0.948. The molecule has 2 amide bonds. The Labute approximate surface area is 132 Å². The third-order valence-corrected chi connectivity index (χ3v) is 4.29. The van der Waals surface area contributed by atoms with Gasteiger partial charge in [0, 0.05) is 6.54 Å². The van der Waals surface area contributed by atoms with Gasteiger partial charge in [-0.05, 0) is 25.0 Å². The Morgan fingerprint density at radius 3 is 2.83 bits per heavy atom. The Morgan fingerprint density at radius 1 is 1.26 bits per heavy atom. The predicted molar refractivity (Wildman–Crippen MR) is 77.0 cm³/mol. The maximum absolute atomic E-state index is 13.6. The van der Waals surface area contributed by atoms with Gasteiger partial charge < -0.3 is 5.32 Å². The minimum Gasteiger partial charge on any atom is -0.351 e. The SMILES string of the molecule is O=C(Nc1nc2c(s1)C(=O)NCCC2)c1ccc(F)c(F)c1F. The third-order valence-electron chi connectivity index (χ3n) is 3.28. The number of benzene rings is 1. The van der Waals surface area contributed by atoms with Crippen molar-refractivity contribution in [2.24, 2.45) is 0 Å². The Bertz CT molecular complexity index is 807. The van der Waals surface area contributed by atoms with E-state index in [1.54, 1.807) is 0 Å². The van der Waals surface area contributed by atoms with Gasteiger partial charge in [-0.15, -0.1) is 0 Å². The van der Waals surface area contributed by atoms with Crippen molar-refractivity contribution in [2.75, 3.05) is 11.9 Å². The Morgan fingerprint density at radius 2 is 2.04 bits per heavy atom. The molecule has 0 bridgehead atoms. The molecule has 2 N–H and O–H groups in total. The van der Waals surface area contributed by atoms with Gasteiger partial charge in [-0.2, -0.15) is 0 Å². The number of aryl methyl sites for hydroxylation is 1. The van der Waals surface area contributed by atoms with Crippen LogP contribution >= 0.6 is 11.3 Å². The lowest BCUT2D eigenvalue weighted by molar-refractivity contribution is 0.0958. The van der Waals surface area contributed by atoms with E-state index in [9.17, 15) is 22.8 Å². The number of aromatic nitrogens is 1. The molecular weight excluding hydrogens is 331 g/mol. The van der Waals surface area contributed by atoms with Crippen molar-refractivity contribution >= 4 is 28.3 Å². The maximum atomic E-state index is 13.6. The topological polar surface area (TPSA) is 71.1 Å². The molecule has 1 aliphatic rings. The van der Waals surface area contributed by atoms with Crippen LogP contribution < -0.4 is 10.6 Å². The fourth-order valence-electron chi connectivity index (χ4n) is 2.16. The fraction of sp³-hybridized carbons (Fsp3) is 0.214. The van der Waals surface area contributed by atoms with Gasteiger partial charge in [0.15, 0.2) is 22.6 Å². The quantitative estimate of drug-likeness (QED) is 0.825. The standard InChI is InChI=1S/C14H10F3N3O2S/c15-7-4-3-6(9(16)10(7)17)12(21)20-14-19-8-2-1-5-18-13(22)11(8)23-14/h3-4H,1-2,5H2,(H,18,22)(H,19,20,21). The zero-order valence-corrected chi connectivity index (χ0v) is 12.4. The van der Waals surface area contributed by atoms with E-state index in [1.807, 2.05) is 0 Å². The molecule has 0 saturated carbocycles. The molecule has 0 radical (unpaired) electrons. The van der Waals surface area contributed by atoms with E-state index >= 15 is 0 Å². The van der Waals surface area contributed by atoms with Crippen LogP contribution in [0.4, 0.5) is 18.3 Å². The lowest BCUT2D eigenvalue weighted by atomic mass is 10.2. The molecule has 1 aromatic carbocycles. The number of hydrogen-bond donors (Lipinski definition) is 2. The highest BCUT2D eigenvalue weighted by Crippen LogP contribution is 2.26. The van der Waals surface area contributed by atoms with Crippen LogP contribution in [0.5, 0.6) is 0 Å². The van der Waals surface area contributed by atoms with Gasteiger partial charge in [-0.1, -0.05) is 11.3 Å². The molecule has 0 unspecified atom stereocenters. The average molecular weight is 341 g/mol. The van der Waals surface area contributed by atoms with Crippen LogP contribution in [0.15, 0.2) is 12.1 Å². The molecule has 120 valence electrons. The molecule has 1 aromatic heterocycles. The number of amides is 2. The number of anilines is 1. The predicted octanol–water partition coefficient (Wildman–Crippen LogP) is 2.49. The number of fused-ring (bicyclic) bond motifs is 1. The van der Waals surface area contributed by atoms with Crippen LogP contribution in [0.1, 0.15) is 32.1 Å². The Kier molecular flexibility index (Phi) is 4.03. The van der Waals surface area contributed by atoms with E-state index in [4.69, 9.17) is 0 Å². The van der Waals surface area contributed by atoms with Crippen LogP contribution in [-0.4, -0.2) is 23.3 Å². The number of halogens is 3. The molecule has 0 aliphatic carbocycles. The molecule has 5 nitrogen and oxygen atoms in total. The number of hydrogen-bond acceptors (Lipinski definition) is 4. The van der Waals surface area contributed by atoms with Crippen molar-refractivity contribution in [1.82, 2.24) is 10.3 Å². The van der Waals surface area contributed by atoms with Crippen molar-refractivity contribution in [2.45, 2.75) is 12.8 Å². The largest absolute Gasteiger partial charge is 0.351 e. The van der Waals surface area contributed by atoms with Gasteiger partial charge in [-0.25, -0.2) is 18.2 Å². The molecular formula is C14H10F3N3O2S. The third kappa shape index (κ3) is 2.91. The Hall–Kier alpha value is -2.42. The van der Waals surface area contributed by atoms with Gasteiger partial charge in [-0.3, -0.25) is 14.9 Å². The number of rotatable bonds is 2. The highest BCUT2D eigenvalue weighted by Gasteiger charge is 2.23. The number of carbonyl (C=O) groups excluding carboxylic acids is 2. The van der Waals surface area contributed by atoms with Crippen molar-refractivity contribution < 1.29 is 22.8 Å². The summed E-state index contributed by atoms with van der Waals surface area (Å²) in [4.78, 5) is 28.3. The first-order valence-electron chi connectivity index (χ1n) is 6.70. The molecule has 2 heterocycles. The van der Waals surface area contributed by atoms with Gasteiger partial charge in [0.1, 0.15) is 4.88 Å². The van der Waals surface area contributed by atoms with Gasteiger partial charge >= 0.3 is 0 Å². The van der Waals surface area contributed by atoms with Crippen LogP contribution in [-0.2, 0) is 6.42 Å². The van der Waals surface area contributed by atoms with Gasteiger partial charge in [0.05, 0.1) is 11.3 Å². The smallest absolute Gasteiger partial charge is 0.263 e. The zero-order chi connectivity index (χ0) is 16.6. The lowest BCUT2D eigenvalue weighted by Crippen LogP contribution is -2.21. The second-order valence-electron chi connectivity index (χ2n) is 4.83. The number of carbonyl (C=O) groups is 2. The summed E-state index contributed by atoms with van der Waals surface area (Å²) in [6.07, 6.45) is 1.29. The summed E-state index contributed by atoms with van der Waals surface area (Å²) in [6.45, 7) is 0.545. The molecule has 1 aliphatic heterocycles. The Balaban J connectivity index is 1.85. The second-order valence-corrected chi connectivity index (χ2v) is 5.83. The first-order valence-corrected chi connectivity index (χ1v) is 7.51. The van der Waals surface area contributed by atoms with Crippen molar-refractivity contribution in [3.63, 3.8) is 0 Å². The number of thiazole rings is 1. The lowest BCUT2D eigenvalue weighted by Gasteiger charge is -2.04. The molecule has 9 heteroatoms. The highest BCUT2D eigenvalue weighted by atomic mass is 32.1. The molecule has 0 fully saturated rings. The van der Waals surface area contributed by atoms with E-state index < -0.39 is 28.9 Å². The molecule has 23 heavy (non-hydrogen) atoms. The first kappa shape index (κ1) is 15.5.